The second-order valence-corrected chi connectivity index (χ2v) is 4.65. The Kier molecular flexibility index (Phi) is 4.31. The molecule has 1 aromatic carbocycles. The number of fused-ring (bicyclic) bond motifs is 1. The van der Waals surface area contributed by atoms with E-state index in [0.29, 0.717) is 6.61 Å². The average Bonchev–Trinajstić information content (AvgIpc) is 2.75. The lowest BCUT2D eigenvalue weighted by Gasteiger charge is -2.16. The number of hydrogen-bond donors (Lipinski definition) is 0. The summed E-state index contributed by atoms with van der Waals surface area (Å²) in [7, 11) is 0. The van der Waals surface area contributed by atoms with Crippen LogP contribution >= 0.6 is 0 Å². The van der Waals surface area contributed by atoms with E-state index in [1.54, 1.807) is 0 Å². The van der Waals surface area contributed by atoms with Crippen molar-refractivity contribution in [1.82, 2.24) is 0 Å². The quantitative estimate of drug-likeness (QED) is 0.780. The third kappa shape index (κ3) is 3.53. The van der Waals surface area contributed by atoms with E-state index in [2.05, 4.69) is 0 Å². The predicted octanol–water partition coefficient (Wildman–Crippen LogP) is 3.00. The molecule has 1 aromatic rings. The third-order valence-electron chi connectivity index (χ3n) is 2.66. The van der Waals surface area contributed by atoms with E-state index in [-0.39, 0.29) is 19.0 Å². The molecule has 0 saturated carbocycles. The number of rotatable bonds is 6. The molecule has 0 spiro atoms. The van der Waals surface area contributed by atoms with Gasteiger partial charge in [-0.05, 0) is 32.9 Å². The molecule has 0 radical (unpaired) electrons. The first-order valence-electron chi connectivity index (χ1n) is 6.33. The zero-order chi connectivity index (χ0) is 13.0. The van der Waals surface area contributed by atoms with Gasteiger partial charge in [0.25, 0.3) is 0 Å². The zero-order valence-electron chi connectivity index (χ0n) is 11.1. The summed E-state index contributed by atoms with van der Waals surface area (Å²) in [6.45, 7) is 7.10. The second kappa shape index (κ2) is 5.96. The number of hydrogen-bond acceptors (Lipinski definition) is 4. The summed E-state index contributed by atoms with van der Waals surface area (Å²) < 4.78 is 21.9. The minimum Gasteiger partial charge on any atom is -0.490 e. The summed E-state index contributed by atoms with van der Waals surface area (Å²) in [5, 5.41) is 0. The van der Waals surface area contributed by atoms with Gasteiger partial charge in [0.05, 0.1) is 18.8 Å². The van der Waals surface area contributed by atoms with E-state index < -0.39 is 0 Å². The Balaban J connectivity index is 1.82. The Morgan fingerprint density at radius 1 is 1.17 bits per heavy atom. The van der Waals surface area contributed by atoms with Gasteiger partial charge in [-0.2, -0.15) is 0 Å². The van der Waals surface area contributed by atoms with Crippen molar-refractivity contribution in [1.29, 1.82) is 0 Å². The van der Waals surface area contributed by atoms with Crippen molar-refractivity contribution in [2.45, 2.75) is 39.4 Å². The molecule has 0 saturated heterocycles. The Bertz CT molecular complexity index is 389. The maximum Gasteiger partial charge on any atom is 0.231 e. The van der Waals surface area contributed by atoms with Crippen LogP contribution in [0.2, 0.25) is 0 Å². The standard InChI is InChI=1S/C14H20O4/c1-10(2)15-7-6-11(3)18-12-4-5-13-14(8-12)17-9-16-13/h4-5,8,10-11H,6-7,9H2,1-3H3. The highest BCUT2D eigenvalue weighted by molar-refractivity contribution is 5.46. The van der Waals surface area contributed by atoms with Crippen LogP contribution in [0.5, 0.6) is 17.2 Å². The Morgan fingerprint density at radius 3 is 2.72 bits per heavy atom. The van der Waals surface area contributed by atoms with E-state index in [0.717, 1.165) is 23.7 Å². The van der Waals surface area contributed by atoms with Crippen molar-refractivity contribution >= 4 is 0 Å². The first-order chi connectivity index (χ1) is 8.65. The largest absolute Gasteiger partial charge is 0.490 e. The molecule has 0 aromatic heterocycles. The summed E-state index contributed by atoms with van der Waals surface area (Å²) in [4.78, 5) is 0. The molecule has 18 heavy (non-hydrogen) atoms. The summed E-state index contributed by atoms with van der Waals surface area (Å²) >= 11 is 0. The molecule has 1 heterocycles. The first-order valence-corrected chi connectivity index (χ1v) is 6.33. The van der Waals surface area contributed by atoms with Crippen LogP contribution in [0.25, 0.3) is 0 Å². The van der Waals surface area contributed by atoms with Gasteiger partial charge in [0.15, 0.2) is 11.5 Å². The van der Waals surface area contributed by atoms with E-state index in [9.17, 15) is 0 Å². The van der Waals surface area contributed by atoms with Crippen LogP contribution in [0.1, 0.15) is 27.2 Å². The van der Waals surface area contributed by atoms with Crippen LogP contribution in [0.4, 0.5) is 0 Å². The first kappa shape index (κ1) is 13.0. The molecule has 2 rings (SSSR count). The van der Waals surface area contributed by atoms with E-state index in [1.807, 2.05) is 39.0 Å². The molecule has 1 atom stereocenters. The highest BCUT2D eigenvalue weighted by atomic mass is 16.7. The zero-order valence-corrected chi connectivity index (χ0v) is 11.1. The lowest BCUT2D eigenvalue weighted by molar-refractivity contribution is 0.0563. The lowest BCUT2D eigenvalue weighted by Crippen LogP contribution is -2.16. The van der Waals surface area contributed by atoms with Crippen molar-refractivity contribution in [3.8, 4) is 17.2 Å². The minimum atomic E-state index is 0.115. The third-order valence-corrected chi connectivity index (χ3v) is 2.66. The molecule has 4 nitrogen and oxygen atoms in total. The van der Waals surface area contributed by atoms with Crippen molar-refractivity contribution in [3.63, 3.8) is 0 Å². The van der Waals surface area contributed by atoms with Crippen LogP contribution in [0.3, 0.4) is 0 Å². The smallest absolute Gasteiger partial charge is 0.231 e. The van der Waals surface area contributed by atoms with Gasteiger partial charge in [0.2, 0.25) is 6.79 Å². The van der Waals surface area contributed by atoms with Gasteiger partial charge >= 0.3 is 0 Å². The van der Waals surface area contributed by atoms with Crippen LogP contribution in [-0.2, 0) is 4.74 Å². The SMILES string of the molecule is CC(C)OCCC(C)Oc1ccc2c(c1)OCO2. The van der Waals surface area contributed by atoms with Crippen LogP contribution in [0, 0.1) is 0 Å². The molecule has 1 aliphatic rings. The van der Waals surface area contributed by atoms with Crippen molar-refractivity contribution < 1.29 is 18.9 Å². The maximum absolute atomic E-state index is 5.81. The normalized spacial score (nSPS) is 14.9. The molecule has 0 amide bonds. The van der Waals surface area contributed by atoms with Crippen molar-refractivity contribution in [3.05, 3.63) is 18.2 Å². The molecule has 0 fully saturated rings. The van der Waals surface area contributed by atoms with Gasteiger partial charge in [0, 0.05) is 12.5 Å². The average molecular weight is 252 g/mol. The van der Waals surface area contributed by atoms with Gasteiger partial charge in [-0.1, -0.05) is 0 Å². The van der Waals surface area contributed by atoms with Gasteiger partial charge in [-0.25, -0.2) is 0 Å². The van der Waals surface area contributed by atoms with Crippen molar-refractivity contribution in [2.24, 2.45) is 0 Å². The van der Waals surface area contributed by atoms with Gasteiger partial charge in [-0.15, -0.1) is 0 Å². The van der Waals surface area contributed by atoms with Gasteiger partial charge in [0.1, 0.15) is 5.75 Å². The fraction of sp³-hybridized carbons (Fsp3) is 0.571. The van der Waals surface area contributed by atoms with E-state index in [4.69, 9.17) is 18.9 Å². The molecule has 0 N–H and O–H groups in total. The number of benzene rings is 1. The van der Waals surface area contributed by atoms with Crippen LogP contribution < -0.4 is 14.2 Å². The lowest BCUT2D eigenvalue weighted by atomic mass is 10.2. The van der Waals surface area contributed by atoms with Crippen molar-refractivity contribution in [2.75, 3.05) is 13.4 Å². The molecule has 1 unspecified atom stereocenters. The summed E-state index contributed by atoms with van der Waals surface area (Å²) in [5.41, 5.74) is 0. The summed E-state index contributed by atoms with van der Waals surface area (Å²) in [6, 6.07) is 5.63. The predicted molar refractivity (Wildman–Crippen MR) is 68.4 cm³/mol. The molecule has 1 aliphatic heterocycles. The molecule has 0 aliphatic carbocycles. The topological polar surface area (TPSA) is 36.9 Å². The van der Waals surface area contributed by atoms with E-state index >= 15 is 0 Å². The minimum absolute atomic E-state index is 0.115. The second-order valence-electron chi connectivity index (χ2n) is 4.65. The molecule has 100 valence electrons. The number of ether oxygens (including phenoxy) is 4. The fourth-order valence-corrected chi connectivity index (χ4v) is 1.71. The monoisotopic (exact) mass is 252 g/mol. The Labute approximate surface area is 108 Å². The summed E-state index contributed by atoms with van der Waals surface area (Å²) in [6.07, 6.45) is 1.25. The van der Waals surface area contributed by atoms with E-state index in [1.165, 1.54) is 0 Å². The van der Waals surface area contributed by atoms with Crippen LogP contribution in [0.15, 0.2) is 18.2 Å². The molecule has 0 bridgehead atoms. The Morgan fingerprint density at radius 2 is 1.94 bits per heavy atom. The molecular weight excluding hydrogens is 232 g/mol. The van der Waals surface area contributed by atoms with Gasteiger partial charge < -0.3 is 18.9 Å². The molecular formula is C14H20O4. The highest BCUT2D eigenvalue weighted by Gasteiger charge is 2.14. The molecule has 4 heteroatoms. The fourth-order valence-electron chi connectivity index (χ4n) is 1.71. The highest BCUT2D eigenvalue weighted by Crippen LogP contribution is 2.35. The van der Waals surface area contributed by atoms with Crippen LogP contribution in [-0.4, -0.2) is 25.6 Å². The summed E-state index contributed by atoms with van der Waals surface area (Å²) in [5.74, 6) is 2.33. The maximum atomic E-state index is 5.81. The van der Waals surface area contributed by atoms with Gasteiger partial charge in [-0.3, -0.25) is 0 Å². The Hall–Kier alpha value is -1.42.